The van der Waals surface area contributed by atoms with E-state index in [2.05, 4.69) is 27.7 Å². The van der Waals surface area contributed by atoms with E-state index in [-0.39, 0.29) is 18.0 Å². The van der Waals surface area contributed by atoms with Crippen LogP contribution in [0.1, 0.15) is 182 Å². The van der Waals surface area contributed by atoms with Crippen molar-refractivity contribution in [3.63, 3.8) is 0 Å². The van der Waals surface area contributed by atoms with Crippen LogP contribution in [0.5, 0.6) is 0 Å². The number of amides is 1. The molecule has 0 aliphatic carbocycles. The molecule has 0 saturated heterocycles. The van der Waals surface area contributed by atoms with Crippen molar-refractivity contribution >= 4 is 11.9 Å². The van der Waals surface area contributed by atoms with Crippen LogP contribution >= 0.6 is 0 Å². The molecule has 0 radical (unpaired) electrons. The maximum atomic E-state index is 13.3. The van der Waals surface area contributed by atoms with Crippen LogP contribution in [0.4, 0.5) is 0 Å². The molecule has 0 aliphatic rings. The molecule has 0 spiro atoms. The number of rotatable bonds is 31. The number of carbonyl (C=O) groups is 2. The lowest BCUT2D eigenvalue weighted by molar-refractivity contribution is -0.155. The second-order valence-electron chi connectivity index (χ2n) is 11.9. The maximum absolute atomic E-state index is 13.3. The van der Waals surface area contributed by atoms with Crippen molar-refractivity contribution in [2.24, 2.45) is 0 Å². The van der Waals surface area contributed by atoms with Gasteiger partial charge in [0.25, 0.3) is 0 Å². The summed E-state index contributed by atoms with van der Waals surface area (Å²) in [6, 6.07) is 0. The third-order valence-corrected chi connectivity index (χ3v) is 7.78. The Bertz CT molecular complexity index is 554. The summed E-state index contributed by atoms with van der Waals surface area (Å²) in [6.07, 6.45) is 26.5. The van der Waals surface area contributed by atoms with E-state index >= 15 is 0 Å². The van der Waals surface area contributed by atoms with Crippen LogP contribution in [0.25, 0.3) is 0 Å². The minimum Gasteiger partial charge on any atom is -0.458 e. The predicted octanol–water partition coefficient (Wildman–Crippen LogP) is 10.2. The maximum Gasteiger partial charge on any atom is 0.306 e. The number of ether oxygens (including phenoxy) is 2. The largest absolute Gasteiger partial charge is 0.458 e. The summed E-state index contributed by atoms with van der Waals surface area (Å²) < 4.78 is 12.0. The first-order valence-electron chi connectivity index (χ1n) is 17.6. The smallest absolute Gasteiger partial charge is 0.306 e. The summed E-state index contributed by atoms with van der Waals surface area (Å²) >= 11 is 0. The van der Waals surface area contributed by atoms with Crippen LogP contribution in [0.2, 0.25) is 0 Å². The summed E-state index contributed by atoms with van der Waals surface area (Å²) in [5, 5.41) is 0. The second kappa shape index (κ2) is 30.8. The fourth-order valence-electron chi connectivity index (χ4n) is 5.13. The van der Waals surface area contributed by atoms with E-state index in [0.717, 1.165) is 51.5 Å². The molecule has 5 nitrogen and oxygen atoms in total. The number of hydrogen-bond acceptors (Lipinski definition) is 4. The molecule has 0 aromatic heterocycles. The van der Waals surface area contributed by atoms with E-state index in [1.165, 1.54) is 96.3 Å². The van der Waals surface area contributed by atoms with Crippen molar-refractivity contribution in [1.82, 2.24) is 4.90 Å². The van der Waals surface area contributed by atoms with Gasteiger partial charge in [0, 0.05) is 26.0 Å². The average molecular weight is 568 g/mol. The van der Waals surface area contributed by atoms with Crippen molar-refractivity contribution in [3.05, 3.63) is 0 Å². The van der Waals surface area contributed by atoms with Gasteiger partial charge in [-0.05, 0) is 25.7 Å². The van der Waals surface area contributed by atoms with Crippen molar-refractivity contribution in [1.29, 1.82) is 0 Å². The zero-order valence-corrected chi connectivity index (χ0v) is 27.5. The van der Waals surface area contributed by atoms with Crippen LogP contribution in [0.3, 0.4) is 0 Å². The summed E-state index contributed by atoms with van der Waals surface area (Å²) in [4.78, 5) is 28.0. The highest BCUT2D eigenvalue weighted by molar-refractivity contribution is 5.76. The molecule has 0 N–H and O–H groups in total. The van der Waals surface area contributed by atoms with Gasteiger partial charge in [0.15, 0.2) is 0 Å². The number of nitrogens with zero attached hydrogens (tertiary/aromatic N) is 1. The van der Waals surface area contributed by atoms with Crippen LogP contribution < -0.4 is 0 Å². The molecule has 1 unspecified atom stereocenters. The van der Waals surface area contributed by atoms with Gasteiger partial charge in [-0.1, -0.05) is 143 Å². The fraction of sp³-hybridized carbons (Fsp3) is 0.943. The molecular weight excluding hydrogens is 498 g/mol. The first-order valence-corrected chi connectivity index (χ1v) is 17.6. The Morgan fingerprint density at radius 2 is 1.00 bits per heavy atom. The number of unbranched alkanes of at least 4 members (excludes halogenated alkanes) is 18. The van der Waals surface area contributed by atoms with Crippen molar-refractivity contribution in [2.75, 3.05) is 26.3 Å². The zero-order chi connectivity index (χ0) is 29.5. The fourth-order valence-corrected chi connectivity index (χ4v) is 5.13. The molecule has 0 aromatic rings. The molecule has 5 heteroatoms. The van der Waals surface area contributed by atoms with Gasteiger partial charge in [-0.2, -0.15) is 0 Å². The Morgan fingerprint density at radius 3 is 1.55 bits per heavy atom. The van der Waals surface area contributed by atoms with Gasteiger partial charge in [-0.25, -0.2) is 0 Å². The van der Waals surface area contributed by atoms with Gasteiger partial charge in [-0.3, -0.25) is 9.59 Å². The van der Waals surface area contributed by atoms with Crippen molar-refractivity contribution in [3.8, 4) is 0 Å². The summed E-state index contributed by atoms with van der Waals surface area (Å²) in [6.45, 7) is 11.2. The molecule has 0 fully saturated rings. The van der Waals surface area contributed by atoms with E-state index in [0.29, 0.717) is 32.6 Å². The molecule has 0 aliphatic heterocycles. The minimum atomic E-state index is -0.382. The molecule has 0 bridgehead atoms. The van der Waals surface area contributed by atoms with E-state index in [1.807, 2.05) is 4.90 Å². The molecule has 0 rings (SSSR count). The molecule has 1 amide bonds. The molecule has 0 heterocycles. The Hall–Kier alpha value is -1.10. The first-order chi connectivity index (χ1) is 19.6. The molecule has 0 saturated carbocycles. The molecule has 1 atom stereocenters. The lowest BCUT2D eigenvalue weighted by Crippen LogP contribution is -2.42. The molecule has 0 aromatic carbocycles. The molecule has 238 valence electrons. The Morgan fingerprint density at radius 1 is 0.550 bits per heavy atom. The third kappa shape index (κ3) is 25.8. The Kier molecular flexibility index (Phi) is 30.0. The monoisotopic (exact) mass is 568 g/mol. The van der Waals surface area contributed by atoms with Gasteiger partial charge in [0.1, 0.15) is 6.10 Å². The van der Waals surface area contributed by atoms with Crippen molar-refractivity contribution in [2.45, 2.75) is 188 Å². The highest BCUT2D eigenvalue weighted by atomic mass is 16.6. The standard InChI is InChI=1S/C35H69NO4/c1-5-9-13-17-21-25-29-36(34(37)27-23-19-15-11-7-3)31-33(32-39-30-26-22-18-14-10-6-2)40-35(38)28-24-20-16-12-8-4/h33H,5-32H2,1-4H3. The third-order valence-electron chi connectivity index (χ3n) is 7.78. The SMILES string of the molecule is CCCCCCCCOCC(CN(CCCCCCCC)C(=O)CCCCCCC)OC(=O)CCCCCCC. The summed E-state index contributed by atoms with van der Waals surface area (Å²) in [7, 11) is 0. The van der Waals surface area contributed by atoms with E-state index in [9.17, 15) is 9.59 Å². The minimum absolute atomic E-state index is 0.142. The van der Waals surface area contributed by atoms with Crippen LogP contribution in [0, 0.1) is 0 Å². The van der Waals surface area contributed by atoms with E-state index in [1.54, 1.807) is 0 Å². The Balaban J connectivity index is 4.98. The first kappa shape index (κ1) is 38.9. The van der Waals surface area contributed by atoms with Crippen LogP contribution in [0.15, 0.2) is 0 Å². The lowest BCUT2D eigenvalue weighted by Gasteiger charge is -2.28. The number of hydrogen-bond donors (Lipinski definition) is 0. The summed E-state index contributed by atoms with van der Waals surface area (Å²) in [5.41, 5.74) is 0. The number of esters is 1. The van der Waals surface area contributed by atoms with Crippen molar-refractivity contribution < 1.29 is 19.1 Å². The van der Waals surface area contributed by atoms with Gasteiger partial charge < -0.3 is 14.4 Å². The van der Waals surface area contributed by atoms with Gasteiger partial charge in [-0.15, -0.1) is 0 Å². The second-order valence-corrected chi connectivity index (χ2v) is 11.9. The van der Waals surface area contributed by atoms with Gasteiger partial charge >= 0.3 is 5.97 Å². The van der Waals surface area contributed by atoms with Gasteiger partial charge in [0.2, 0.25) is 5.91 Å². The zero-order valence-electron chi connectivity index (χ0n) is 27.5. The quantitative estimate of drug-likeness (QED) is 0.0617. The number of carbonyl (C=O) groups excluding carboxylic acids is 2. The Labute approximate surface area is 249 Å². The molecule has 40 heavy (non-hydrogen) atoms. The highest BCUT2D eigenvalue weighted by Gasteiger charge is 2.22. The van der Waals surface area contributed by atoms with Crippen LogP contribution in [-0.2, 0) is 19.1 Å². The molecular formula is C35H69NO4. The summed E-state index contributed by atoms with van der Waals surface area (Å²) in [5.74, 6) is 0.0674. The highest BCUT2D eigenvalue weighted by Crippen LogP contribution is 2.13. The predicted molar refractivity (Wildman–Crippen MR) is 171 cm³/mol. The normalized spacial score (nSPS) is 12.0. The van der Waals surface area contributed by atoms with Gasteiger partial charge in [0.05, 0.1) is 13.2 Å². The lowest BCUT2D eigenvalue weighted by atomic mass is 10.1. The average Bonchev–Trinajstić information content (AvgIpc) is 2.95. The topological polar surface area (TPSA) is 55.8 Å². The van der Waals surface area contributed by atoms with E-state index < -0.39 is 0 Å². The van der Waals surface area contributed by atoms with E-state index in [4.69, 9.17) is 9.47 Å². The van der Waals surface area contributed by atoms with Crippen LogP contribution in [-0.4, -0.2) is 49.2 Å².